The summed E-state index contributed by atoms with van der Waals surface area (Å²) >= 11 is 0. The highest BCUT2D eigenvalue weighted by atomic mass is 16.2. The maximum atomic E-state index is 12.3. The predicted octanol–water partition coefficient (Wildman–Crippen LogP) is 4.76. The largest absolute Gasteiger partial charge is 0.381 e. The molecule has 0 fully saturated rings. The Bertz CT molecular complexity index is 914. The maximum Gasteiger partial charge on any atom is 0.271 e. The number of hydrogen-bond donors (Lipinski definition) is 2. The fourth-order valence-corrected chi connectivity index (χ4v) is 2.59. The zero-order chi connectivity index (χ0) is 19.1. The van der Waals surface area contributed by atoms with Gasteiger partial charge in [0.15, 0.2) is 0 Å². The van der Waals surface area contributed by atoms with Crippen molar-refractivity contribution in [3.63, 3.8) is 0 Å². The minimum Gasteiger partial charge on any atom is -0.381 e. The highest BCUT2D eigenvalue weighted by Crippen LogP contribution is 2.10. The summed E-state index contributed by atoms with van der Waals surface area (Å²) in [6.45, 7) is 4.62. The number of rotatable bonds is 6. The van der Waals surface area contributed by atoms with Crippen LogP contribution < -0.4 is 10.7 Å². The lowest BCUT2D eigenvalue weighted by Gasteiger charge is -2.07. The fourth-order valence-electron chi connectivity index (χ4n) is 2.59. The number of aryl methyl sites for hydroxylation is 1. The zero-order valence-corrected chi connectivity index (χ0v) is 15.6. The van der Waals surface area contributed by atoms with E-state index in [1.54, 1.807) is 0 Å². The zero-order valence-electron chi connectivity index (χ0n) is 15.6. The molecule has 0 atom stereocenters. The summed E-state index contributed by atoms with van der Waals surface area (Å²) in [5.74, 6) is -0.218. The maximum absolute atomic E-state index is 12.3. The molecule has 0 aliphatic carbocycles. The van der Waals surface area contributed by atoms with Gasteiger partial charge in [0.1, 0.15) is 0 Å². The first-order valence-electron chi connectivity index (χ1n) is 8.91. The van der Waals surface area contributed by atoms with E-state index < -0.39 is 0 Å². The van der Waals surface area contributed by atoms with Crippen LogP contribution in [0.15, 0.2) is 84.0 Å². The molecule has 3 rings (SSSR count). The Labute approximate surface area is 159 Å². The predicted molar refractivity (Wildman–Crippen MR) is 111 cm³/mol. The smallest absolute Gasteiger partial charge is 0.271 e. The molecule has 27 heavy (non-hydrogen) atoms. The van der Waals surface area contributed by atoms with E-state index in [1.165, 1.54) is 5.56 Å². The molecule has 4 nitrogen and oxygen atoms in total. The number of hydrogen-bond acceptors (Lipinski definition) is 3. The molecule has 136 valence electrons. The van der Waals surface area contributed by atoms with E-state index in [2.05, 4.69) is 15.8 Å². The minimum atomic E-state index is -0.218. The van der Waals surface area contributed by atoms with Crippen LogP contribution in [0.1, 0.15) is 34.0 Å². The molecule has 1 amide bonds. The van der Waals surface area contributed by atoms with E-state index in [-0.39, 0.29) is 5.91 Å². The van der Waals surface area contributed by atoms with Crippen molar-refractivity contribution in [3.05, 3.63) is 101 Å². The molecular formula is C23H23N3O. The average Bonchev–Trinajstić information content (AvgIpc) is 2.72. The number of amides is 1. The lowest BCUT2D eigenvalue weighted by molar-refractivity contribution is 0.0955. The van der Waals surface area contributed by atoms with E-state index in [4.69, 9.17) is 0 Å². The van der Waals surface area contributed by atoms with Gasteiger partial charge < -0.3 is 5.32 Å². The van der Waals surface area contributed by atoms with Crippen molar-refractivity contribution in [3.8, 4) is 0 Å². The number of benzene rings is 3. The fraction of sp³-hybridized carbons (Fsp3) is 0.130. The van der Waals surface area contributed by atoms with Gasteiger partial charge in [-0.15, -0.1) is 0 Å². The highest BCUT2D eigenvalue weighted by Gasteiger charge is 2.05. The first-order chi connectivity index (χ1) is 13.1. The van der Waals surface area contributed by atoms with Crippen LogP contribution in [0.4, 0.5) is 5.69 Å². The molecule has 2 N–H and O–H groups in total. The first-order valence-corrected chi connectivity index (χ1v) is 8.91. The summed E-state index contributed by atoms with van der Waals surface area (Å²) in [7, 11) is 0. The summed E-state index contributed by atoms with van der Waals surface area (Å²) in [5, 5.41) is 7.55. The Morgan fingerprint density at radius 2 is 1.48 bits per heavy atom. The number of hydrazone groups is 1. The van der Waals surface area contributed by atoms with Gasteiger partial charge in [-0.3, -0.25) is 4.79 Å². The summed E-state index contributed by atoms with van der Waals surface area (Å²) in [5.41, 5.74) is 8.33. The monoisotopic (exact) mass is 357 g/mol. The van der Waals surface area contributed by atoms with Crippen LogP contribution in [0, 0.1) is 6.92 Å². The molecular weight excluding hydrogens is 334 g/mol. The molecule has 0 aromatic heterocycles. The van der Waals surface area contributed by atoms with Crippen LogP contribution >= 0.6 is 0 Å². The minimum absolute atomic E-state index is 0.218. The van der Waals surface area contributed by atoms with Crippen LogP contribution in [0.5, 0.6) is 0 Å². The van der Waals surface area contributed by atoms with Gasteiger partial charge in [-0.05, 0) is 49.2 Å². The lowest BCUT2D eigenvalue weighted by Crippen LogP contribution is -2.19. The van der Waals surface area contributed by atoms with E-state index in [0.29, 0.717) is 12.1 Å². The SMILES string of the molecule is CC(=NNC(=O)c1ccc(CNc2ccccc2)cc1)c1ccc(C)cc1. The van der Waals surface area contributed by atoms with Crippen molar-refractivity contribution in [2.45, 2.75) is 20.4 Å². The van der Waals surface area contributed by atoms with Crippen LogP contribution in [-0.2, 0) is 6.54 Å². The average molecular weight is 357 g/mol. The van der Waals surface area contributed by atoms with Crippen molar-refractivity contribution in [1.29, 1.82) is 0 Å². The summed E-state index contributed by atoms with van der Waals surface area (Å²) in [6.07, 6.45) is 0. The van der Waals surface area contributed by atoms with Gasteiger partial charge in [0.05, 0.1) is 5.71 Å². The molecule has 0 saturated carbocycles. The van der Waals surface area contributed by atoms with Gasteiger partial charge in [0, 0.05) is 17.8 Å². The standard InChI is InChI=1S/C23H23N3O/c1-17-8-12-20(13-9-17)18(2)25-26-23(27)21-14-10-19(11-15-21)16-24-22-6-4-3-5-7-22/h3-15,24H,16H2,1-2H3,(H,26,27). The van der Waals surface area contributed by atoms with Gasteiger partial charge in [0.25, 0.3) is 5.91 Å². The quantitative estimate of drug-likeness (QED) is 0.493. The van der Waals surface area contributed by atoms with Crippen LogP contribution in [0.25, 0.3) is 0 Å². The van der Waals surface area contributed by atoms with Crippen molar-refractivity contribution in [2.75, 3.05) is 5.32 Å². The molecule has 4 heteroatoms. The molecule has 3 aromatic rings. The highest BCUT2D eigenvalue weighted by molar-refractivity contribution is 6.00. The third kappa shape index (κ3) is 5.28. The molecule has 0 spiro atoms. The Balaban J connectivity index is 1.57. The molecule has 0 radical (unpaired) electrons. The number of carbonyl (C=O) groups excluding carboxylic acids is 1. The third-order valence-corrected chi connectivity index (χ3v) is 4.28. The van der Waals surface area contributed by atoms with Gasteiger partial charge in [-0.25, -0.2) is 5.43 Å². The summed E-state index contributed by atoms with van der Waals surface area (Å²) in [6, 6.07) is 25.6. The number of para-hydroxylation sites is 1. The van der Waals surface area contributed by atoms with E-state index in [0.717, 1.165) is 22.5 Å². The van der Waals surface area contributed by atoms with E-state index in [9.17, 15) is 4.79 Å². The van der Waals surface area contributed by atoms with Gasteiger partial charge in [-0.2, -0.15) is 5.10 Å². The summed E-state index contributed by atoms with van der Waals surface area (Å²) in [4.78, 5) is 12.3. The Morgan fingerprint density at radius 3 is 2.15 bits per heavy atom. The molecule has 0 aliphatic heterocycles. The van der Waals surface area contributed by atoms with Gasteiger partial charge >= 0.3 is 0 Å². The Morgan fingerprint density at radius 1 is 0.852 bits per heavy atom. The number of anilines is 1. The number of nitrogens with zero attached hydrogens (tertiary/aromatic N) is 1. The van der Waals surface area contributed by atoms with Crippen LogP contribution in [-0.4, -0.2) is 11.6 Å². The third-order valence-electron chi connectivity index (χ3n) is 4.28. The molecule has 0 aliphatic rings. The van der Waals surface area contributed by atoms with Crippen molar-refractivity contribution >= 4 is 17.3 Å². The number of nitrogens with one attached hydrogen (secondary N) is 2. The molecule has 0 unspecified atom stereocenters. The van der Waals surface area contributed by atoms with E-state index in [1.807, 2.05) is 92.7 Å². The first kappa shape index (κ1) is 18.4. The topological polar surface area (TPSA) is 53.5 Å². The summed E-state index contributed by atoms with van der Waals surface area (Å²) < 4.78 is 0. The van der Waals surface area contributed by atoms with Crippen LogP contribution in [0.2, 0.25) is 0 Å². The molecule has 0 saturated heterocycles. The second-order valence-corrected chi connectivity index (χ2v) is 6.42. The van der Waals surface area contributed by atoms with Crippen molar-refractivity contribution < 1.29 is 4.79 Å². The normalized spacial score (nSPS) is 11.1. The second-order valence-electron chi connectivity index (χ2n) is 6.42. The molecule has 3 aromatic carbocycles. The van der Waals surface area contributed by atoms with E-state index >= 15 is 0 Å². The Hall–Kier alpha value is -3.40. The van der Waals surface area contributed by atoms with Crippen molar-refractivity contribution in [2.24, 2.45) is 5.10 Å². The van der Waals surface area contributed by atoms with Crippen LogP contribution in [0.3, 0.4) is 0 Å². The van der Waals surface area contributed by atoms with Gasteiger partial charge in [-0.1, -0.05) is 60.2 Å². The van der Waals surface area contributed by atoms with Crippen molar-refractivity contribution in [1.82, 2.24) is 5.43 Å². The second kappa shape index (κ2) is 8.81. The lowest BCUT2D eigenvalue weighted by atomic mass is 10.1. The van der Waals surface area contributed by atoms with Gasteiger partial charge in [0.2, 0.25) is 0 Å². The molecule has 0 bridgehead atoms. The number of carbonyl (C=O) groups is 1. The molecule has 0 heterocycles. The Kier molecular flexibility index (Phi) is 6.00.